The molecule has 2 saturated heterocycles. The molecule has 3 atom stereocenters. The SMILES string of the molecule is CC1(C)OC2COC(C#N)C2(CO)O1. The Kier molecular flexibility index (Phi) is 2.05. The summed E-state index contributed by atoms with van der Waals surface area (Å²) >= 11 is 0. The highest BCUT2D eigenvalue weighted by Gasteiger charge is 2.62. The number of aliphatic hydroxyl groups is 1. The van der Waals surface area contributed by atoms with Gasteiger partial charge in [0.15, 0.2) is 17.5 Å². The van der Waals surface area contributed by atoms with Gasteiger partial charge in [0.2, 0.25) is 0 Å². The van der Waals surface area contributed by atoms with Crippen molar-refractivity contribution in [2.24, 2.45) is 0 Å². The molecule has 2 aliphatic rings. The minimum atomic E-state index is -1.00. The van der Waals surface area contributed by atoms with Gasteiger partial charge in [-0.25, -0.2) is 0 Å². The average Bonchev–Trinajstić information content (AvgIpc) is 2.55. The minimum Gasteiger partial charge on any atom is -0.393 e. The standard InChI is InChI=1S/C9H13NO4/c1-8(2)13-7-4-12-6(3-10)9(7,5-11)14-8/h6-7,11H,4-5H2,1-2H3. The molecule has 0 bridgehead atoms. The maximum atomic E-state index is 9.32. The number of aliphatic hydroxyl groups excluding tert-OH is 1. The van der Waals surface area contributed by atoms with Crippen LogP contribution in [0.4, 0.5) is 0 Å². The van der Waals surface area contributed by atoms with Crippen LogP contribution in [0.1, 0.15) is 13.8 Å². The lowest BCUT2D eigenvalue weighted by Crippen LogP contribution is -2.48. The molecular weight excluding hydrogens is 186 g/mol. The number of ether oxygens (including phenoxy) is 3. The highest BCUT2D eigenvalue weighted by Crippen LogP contribution is 2.43. The molecule has 0 aromatic heterocycles. The lowest BCUT2D eigenvalue weighted by atomic mass is 9.95. The van der Waals surface area contributed by atoms with Crippen molar-refractivity contribution in [2.75, 3.05) is 13.2 Å². The number of rotatable bonds is 1. The first kappa shape index (κ1) is 9.87. The Bertz CT molecular complexity index is 285. The minimum absolute atomic E-state index is 0.265. The van der Waals surface area contributed by atoms with Crippen LogP contribution in [-0.2, 0) is 14.2 Å². The summed E-state index contributed by atoms with van der Waals surface area (Å²) in [5.41, 5.74) is -1.00. The van der Waals surface area contributed by atoms with Crippen LogP contribution in [0.5, 0.6) is 0 Å². The van der Waals surface area contributed by atoms with E-state index in [9.17, 15) is 5.11 Å². The van der Waals surface area contributed by atoms with Gasteiger partial charge in [-0.1, -0.05) is 0 Å². The summed E-state index contributed by atoms with van der Waals surface area (Å²) in [6.07, 6.45) is -1.11. The van der Waals surface area contributed by atoms with E-state index in [0.717, 1.165) is 0 Å². The Morgan fingerprint density at radius 3 is 2.86 bits per heavy atom. The highest BCUT2D eigenvalue weighted by molar-refractivity contribution is 5.13. The summed E-state index contributed by atoms with van der Waals surface area (Å²) in [5, 5.41) is 18.2. The molecule has 14 heavy (non-hydrogen) atoms. The first-order chi connectivity index (χ1) is 6.54. The zero-order chi connectivity index (χ0) is 10.4. The molecule has 3 unspecified atom stereocenters. The molecule has 0 amide bonds. The molecule has 2 aliphatic heterocycles. The van der Waals surface area contributed by atoms with Gasteiger partial charge < -0.3 is 19.3 Å². The molecule has 78 valence electrons. The second-order valence-electron chi connectivity index (χ2n) is 4.06. The quantitative estimate of drug-likeness (QED) is 0.632. The van der Waals surface area contributed by atoms with Gasteiger partial charge >= 0.3 is 0 Å². The molecule has 2 heterocycles. The molecule has 2 fully saturated rings. The smallest absolute Gasteiger partial charge is 0.177 e. The van der Waals surface area contributed by atoms with Crippen LogP contribution >= 0.6 is 0 Å². The maximum Gasteiger partial charge on any atom is 0.177 e. The predicted molar refractivity (Wildman–Crippen MR) is 45.2 cm³/mol. The molecule has 0 aromatic rings. The molecule has 5 heteroatoms. The van der Waals surface area contributed by atoms with Gasteiger partial charge in [0.1, 0.15) is 6.10 Å². The third kappa shape index (κ3) is 1.16. The molecule has 0 saturated carbocycles. The number of hydrogen-bond acceptors (Lipinski definition) is 5. The van der Waals surface area contributed by atoms with Crippen molar-refractivity contribution in [1.29, 1.82) is 5.26 Å². The summed E-state index contributed by atoms with van der Waals surface area (Å²) < 4.78 is 16.3. The van der Waals surface area contributed by atoms with Crippen LogP contribution in [0.2, 0.25) is 0 Å². The average molecular weight is 199 g/mol. The molecule has 2 rings (SSSR count). The Morgan fingerprint density at radius 2 is 2.29 bits per heavy atom. The molecule has 0 radical (unpaired) electrons. The molecule has 5 nitrogen and oxygen atoms in total. The summed E-state index contributed by atoms with van der Waals surface area (Å²) in [6, 6.07) is 1.98. The summed E-state index contributed by atoms with van der Waals surface area (Å²) in [7, 11) is 0. The molecule has 1 N–H and O–H groups in total. The van der Waals surface area contributed by atoms with Gasteiger partial charge in [-0.15, -0.1) is 0 Å². The van der Waals surface area contributed by atoms with E-state index in [1.54, 1.807) is 13.8 Å². The van der Waals surface area contributed by atoms with Crippen molar-refractivity contribution < 1.29 is 19.3 Å². The third-order valence-corrected chi connectivity index (χ3v) is 2.63. The van der Waals surface area contributed by atoms with Crippen LogP contribution in [0.25, 0.3) is 0 Å². The molecule has 0 spiro atoms. The van der Waals surface area contributed by atoms with E-state index >= 15 is 0 Å². The van der Waals surface area contributed by atoms with Crippen molar-refractivity contribution in [2.45, 2.75) is 37.4 Å². The van der Waals surface area contributed by atoms with E-state index in [1.807, 2.05) is 6.07 Å². The second kappa shape index (κ2) is 2.91. The zero-order valence-electron chi connectivity index (χ0n) is 8.19. The summed E-state index contributed by atoms with van der Waals surface area (Å²) in [5.74, 6) is -0.758. The zero-order valence-corrected chi connectivity index (χ0v) is 8.19. The fraction of sp³-hybridized carbons (Fsp3) is 0.889. The highest BCUT2D eigenvalue weighted by atomic mass is 16.8. The second-order valence-corrected chi connectivity index (χ2v) is 4.06. The normalized spacial score (nSPS) is 44.7. The van der Waals surface area contributed by atoms with Crippen LogP contribution in [0.3, 0.4) is 0 Å². The van der Waals surface area contributed by atoms with Crippen LogP contribution in [-0.4, -0.2) is 41.9 Å². The molecular formula is C9H13NO4. The number of fused-ring (bicyclic) bond motifs is 1. The lowest BCUT2D eigenvalue weighted by molar-refractivity contribution is -0.196. The van der Waals surface area contributed by atoms with Crippen molar-refractivity contribution in [3.8, 4) is 6.07 Å². The fourth-order valence-electron chi connectivity index (χ4n) is 2.08. The van der Waals surface area contributed by atoms with E-state index in [1.165, 1.54) is 0 Å². The summed E-state index contributed by atoms with van der Waals surface area (Å²) in [4.78, 5) is 0. The van der Waals surface area contributed by atoms with Crippen molar-refractivity contribution in [3.05, 3.63) is 0 Å². The lowest BCUT2D eigenvalue weighted by Gasteiger charge is -2.27. The van der Waals surface area contributed by atoms with Gasteiger partial charge in [0, 0.05) is 0 Å². The predicted octanol–water partition coefficient (Wildman–Crippen LogP) is -0.209. The van der Waals surface area contributed by atoms with Crippen LogP contribution < -0.4 is 0 Å². The summed E-state index contributed by atoms with van der Waals surface area (Å²) in [6.45, 7) is 3.55. The van der Waals surface area contributed by atoms with Crippen LogP contribution in [0.15, 0.2) is 0 Å². The van der Waals surface area contributed by atoms with Gasteiger partial charge in [-0.3, -0.25) is 0 Å². The van der Waals surface area contributed by atoms with Gasteiger partial charge in [-0.05, 0) is 13.8 Å². The Hall–Kier alpha value is -0.670. The van der Waals surface area contributed by atoms with Crippen molar-refractivity contribution in [3.63, 3.8) is 0 Å². The topological polar surface area (TPSA) is 71.7 Å². The first-order valence-electron chi connectivity index (χ1n) is 4.54. The number of nitriles is 1. The third-order valence-electron chi connectivity index (χ3n) is 2.63. The van der Waals surface area contributed by atoms with E-state index in [2.05, 4.69) is 0 Å². The number of nitrogens with zero attached hydrogens (tertiary/aromatic N) is 1. The van der Waals surface area contributed by atoms with E-state index in [4.69, 9.17) is 19.5 Å². The van der Waals surface area contributed by atoms with E-state index < -0.39 is 17.5 Å². The molecule has 0 aliphatic carbocycles. The van der Waals surface area contributed by atoms with Crippen molar-refractivity contribution >= 4 is 0 Å². The van der Waals surface area contributed by atoms with Crippen LogP contribution in [0, 0.1) is 11.3 Å². The van der Waals surface area contributed by atoms with Crippen molar-refractivity contribution in [1.82, 2.24) is 0 Å². The largest absolute Gasteiger partial charge is 0.393 e. The Morgan fingerprint density at radius 1 is 1.57 bits per heavy atom. The monoisotopic (exact) mass is 199 g/mol. The van der Waals surface area contributed by atoms with E-state index in [0.29, 0.717) is 6.61 Å². The van der Waals surface area contributed by atoms with E-state index in [-0.39, 0.29) is 12.7 Å². The Balaban J connectivity index is 2.31. The first-order valence-corrected chi connectivity index (χ1v) is 4.54. The fourth-order valence-corrected chi connectivity index (χ4v) is 2.08. The number of hydrogen-bond donors (Lipinski definition) is 1. The maximum absolute atomic E-state index is 9.32. The van der Waals surface area contributed by atoms with Gasteiger partial charge in [0.25, 0.3) is 0 Å². The molecule has 0 aromatic carbocycles. The van der Waals surface area contributed by atoms with Gasteiger partial charge in [-0.2, -0.15) is 5.26 Å². The van der Waals surface area contributed by atoms with Gasteiger partial charge in [0.05, 0.1) is 19.3 Å². The Labute approximate surface area is 82.2 Å².